The van der Waals surface area contributed by atoms with Crippen LogP contribution in [-0.4, -0.2) is 72.9 Å². The first-order valence-electron chi connectivity index (χ1n) is 10.6. The van der Waals surface area contributed by atoms with Crippen molar-refractivity contribution in [3.8, 4) is 0 Å². The van der Waals surface area contributed by atoms with Crippen LogP contribution in [0, 0.1) is 6.92 Å². The quantitative estimate of drug-likeness (QED) is 0.743. The molecular formula is C21H30N6O3. The number of carbonyl (C=O) groups is 1. The van der Waals surface area contributed by atoms with E-state index < -0.39 is 0 Å². The van der Waals surface area contributed by atoms with Crippen molar-refractivity contribution in [1.82, 2.24) is 25.5 Å². The Balaban J connectivity index is 1.26. The number of ether oxygens (including phenoxy) is 1. The number of rotatable bonds is 6. The molecule has 162 valence electrons. The number of hydrogen-bond acceptors (Lipinski definition) is 7. The summed E-state index contributed by atoms with van der Waals surface area (Å²) in [5, 5.41) is 6.16. The number of aryl methyl sites for hydroxylation is 1. The minimum absolute atomic E-state index is 0.00502. The van der Waals surface area contributed by atoms with E-state index in [0.717, 1.165) is 56.5 Å². The van der Waals surface area contributed by atoms with Gasteiger partial charge in [0.05, 0.1) is 19.3 Å². The van der Waals surface area contributed by atoms with Crippen LogP contribution in [0.15, 0.2) is 35.0 Å². The lowest BCUT2D eigenvalue weighted by atomic mass is 10.1. The molecule has 9 heteroatoms. The molecule has 2 aliphatic rings. The molecule has 0 saturated carbocycles. The summed E-state index contributed by atoms with van der Waals surface area (Å²) < 4.78 is 11.3. The number of anilines is 1. The average Bonchev–Trinajstić information content (AvgIpc) is 3.22. The molecule has 0 spiro atoms. The molecule has 2 aliphatic heterocycles. The Morgan fingerprint density at radius 2 is 1.90 bits per heavy atom. The van der Waals surface area contributed by atoms with Crippen LogP contribution in [-0.2, 0) is 4.74 Å². The van der Waals surface area contributed by atoms with E-state index in [1.165, 1.54) is 0 Å². The van der Waals surface area contributed by atoms with Crippen molar-refractivity contribution in [3.63, 3.8) is 0 Å². The van der Waals surface area contributed by atoms with Crippen LogP contribution in [0.1, 0.15) is 30.4 Å². The summed E-state index contributed by atoms with van der Waals surface area (Å²) in [6.07, 6.45) is 5.25. The molecular weight excluding hydrogens is 384 g/mol. The van der Waals surface area contributed by atoms with Gasteiger partial charge in [-0.15, -0.1) is 0 Å². The molecule has 4 heterocycles. The minimum Gasteiger partial charge on any atom is -0.465 e. The van der Waals surface area contributed by atoms with Gasteiger partial charge in [0.15, 0.2) is 0 Å². The summed E-state index contributed by atoms with van der Waals surface area (Å²) in [6.45, 7) is 7.15. The zero-order valence-corrected chi connectivity index (χ0v) is 17.4. The number of furan rings is 1. The van der Waals surface area contributed by atoms with Crippen LogP contribution < -0.4 is 15.5 Å². The Morgan fingerprint density at radius 1 is 1.17 bits per heavy atom. The Morgan fingerprint density at radius 3 is 2.57 bits per heavy atom. The number of urea groups is 1. The monoisotopic (exact) mass is 414 g/mol. The van der Waals surface area contributed by atoms with E-state index in [-0.39, 0.29) is 18.1 Å². The van der Waals surface area contributed by atoms with Gasteiger partial charge in [-0.25, -0.2) is 14.8 Å². The van der Waals surface area contributed by atoms with Gasteiger partial charge in [-0.3, -0.25) is 4.90 Å². The van der Waals surface area contributed by atoms with Crippen LogP contribution in [0.25, 0.3) is 0 Å². The second kappa shape index (κ2) is 9.90. The predicted molar refractivity (Wildman–Crippen MR) is 112 cm³/mol. The maximum Gasteiger partial charge on any atom is 0.315 e. The van der Waals surface area contributed by atoms with Gasteiger partial charge in [0.2, 0.25) is 5.95 Å². The lowest BCUT2D eigenvalue weighted by Crippen LogP contribution is -2.50. The molecule has 1 atom stereocenters. The normalized spacial score (nSPS) is 19.4. The van der Waals surface area contributed by atoms with E-state index in [1.807, 2.05) is 25.1 Å². The van der Waals surface area contributed by atoms with E-state index in [9.17, 15) is 4.79 Å². The summed E-state index contributed by atoms with van der Waals surface area (Å²) in [6, 6.07) is 5.80. The zero-order valence-electron chi connectivity index (χ0n) is 17.4. The molecule has 2 N–H and O–H groups in total. The third kappa shape index (κ3) is 5.28. The molecule has 9 nitrogen and oxygen atoms in total. The molecule has 2 aromatic heterocycles. The van der Waals surface area contributed by atoms with E-state index in [2.05, 4.69) is 30.4 Å². The van der Waals surface area contributed by atoms with Crippen LogP contribution in [0.4, 0.5) is 10.7 Å². The first-order chi connectivity index (χ1) is 14.7. The molecule has 2 amide bonds. The van der Waals surface area contributed by atoms with Crippen LogP contribution in [0.2, 0.25) is 0 Å². The van der Waals surface area contributed by atoms with Gasteiger partial charge in [0, 0.05) is 51.2 Å². The molecule has 1 unspecified atom stereocenters. The van der Waals surface area contributed by atoms with Crippen molar-refractivity contribution < 1.29 is 13.9 Å². The fourth-order valence-electron chi connectivity index (χ4n) is 4.04. The number of carbonyl (C=O) groups excluding carboxylic acids is 1. The highest BCUT2D eigenvalue weighted by Gasteiger charge is 2.27. The van der Waals surface area contributed by atoms with Gasteiger partial charge < -0.3 is 24.7 Å². The highest BCUT2D eigenvalue weighted by atomic mass is 16.5. The van der Waals surface area contributed by atoms with Crippen LogP contribution in [0.5, 0.6) is 0 Å². The lowest BCUT2D eigenvalue weighted by molar-refractivity contribution is 0.0121. The molecule has 30 heavy (non-hydrogen) atoms. The summed E-state index contributed by atoms with van der Waals surface area (Å²) in [5.41, 5.74) is 0. The van der Waals surface area contributed by atoms with Crippen LogP contribution >= 0.6 is 0 Å². The van der Waals surface area contributed by atoms with E-state index in [4.69, 9.17) is 9.15 Å². The van der Waals surface area contributed by atoms with Gasteiger partial charge in [-0.2, -0.15) is 0 Å². The van der Waals surface area contributed by atoms with E-state index in [0.29, 0.717) is 19.8 Å². The van der Waals surface area contributed by atoms with E-state index in [1.54, 1.807) is 12.4 Å². The molecule has 0 radical (unpaired) electrons. The van der Waals surface area contributed by atoms with Crippen molar-refractivity contribution in [2.24, 2.45) is 0 Å². The number of amides is 2. The van der Waals surface area contributed by atoms with Gasteiger partial charge in [-0.05, 0) is 38.0 Å². The second-order valence-electron chi connectivity index (χ2n) is 7.78. The predicted octanol–water partition coefficient (Wildman–Crippen LogP) is 1.72. The van der Waals surface area contributed by atoms with Crippen molar-refractivity contribution in [1.29, 1.82) is 0 Å². The minimum atomic E-state index is -0.133. The first-order valence-corrected chi connectivity index (χ1v) is 10.6. The SMILES string of the molecule is Cc1ccc(C(CNC(=O)NC2CCN(c3ncccn3)CC2)N2CCOCC2)o1. The maximum atomic E-state index is 12.6. The maximum absolute atomic E-state index is 12.6. The smallest absolute Gasteiger partial charge is 0.315 e. The summed E-state index contributed by atoms with van der Waals surface area (Å²) in [4.78, 5) is 25.6. The highest BCUT2D eigenvalue weighted by molar-refractivity contribution is 5.74. The third-order valence-corrected chi connectivity index (χ3v) is 5.70. The Hall–Kier alpha value is -2.65. The highest BCUT2D eigenvalue weighted by Crippen LogP contribution is 2.23. The van der Waals surface area contributed by atoms with Crippen molar-refractivity contribution >= 4 is 12.0 Å². The molecule has 4 rings (SSSR count). The third-order valence-electron chi connectivity index (χ3n) is 5.70. The fourth-order valence-corrected chi connectivity index (χ4v) is 4.04. The number of hydrogen-bond donors (Lipinski definition) is 2. The largest absolute Gasteiger partial charge is 0.465 e. The van der Waals surface area contributed by atoms with Crippen molar-refractivity contribution in [2.75, 3.05) is 50.8 Å². The van der Waals surface area contributed by atoms with Gasteiger partial charge in [-0.1, -0.05) is 0 Å². The van der Waals surface area contributed by atoms with Crippen molar-refractivity contribution in [3.05, 3.63) is 42.1 Å². The summed E-state index contributed by atoms with van der Waals surface area (Å²) in [7, 11) is 0. The molecule has 2 saturated heterocycles. The van der Waals surface area contributed by atoms with Gasteiger partial charge in [0.25, 0.3) is 0 Å². The Labute approximate surface area is 176 Å². The number of piperidine rings is 1. The summed E-state index contributed by atoms with van der Waals surface area (Å²) >= 11 is 0. The number of nitrogens with one attached hydrogen (secondary N) is 2. The molecule has 0 aliphatic carbocycles. The van der Waals surface area contributed by atoms with Crippen molar-refractivity contribution in [2.45, 2.75) is 31.8 Å². The average molecular weight is 415 g/mol. The fraction of sp³-hybridized carbons (Fsp3) is 0.571. The zero-order chi connectivity index (χ0) is 20.8. The molecule has 0 bridgehead atoms. The Kier molecular flexibility index (Phi) is 6.81. The standard InChI is InChI=1S/C21H30N6O3/c1-16-3-4-19(30-16)18(26-11-13-29-14-12-26)15-24-21(28)25-17-5-9-27(10-6-17)20-22-7-2-8-23-20/h2-4,7-8,17-18H,5-6,9-15H2,1H3,(H2,24,25,28). The van der Waals surface area contributed by atoms with Gasteiger partial charge in [0.1, 0.15) is 11.5 Å². The number of morpholine rings is 1. The van der Waals surface area contributed by atoms with Crippen LogP contribution in [0.3, 0.4) is 0 Å². The molecule has 0 aromatic carbocycles. The lowest BCUT2D eigenvalue weighted by Gasteiger charge is -2.34. The first kappa shape index (κ1) is 20.6. The number of nitrogens with zero attached hydrogens (tertiary/aromatic N) is 4. The molecule has 2 aromatic rings. The van der Waals surface area contributed by atoms with Gasteiger partial charge >= 0.3 is 6.03 Å². The topological polar surface area (TPSA) is 95.8 Å². The molecule has 2 fully saturated rings. The number of aromatic nitrogens is 2. The Bertz CT molecular complexity index is 800. The summed E-state index contributed by atoms with van der Waals surface area (Å²) in [5.74, 6) is 2.51. The second-order valence-corrected chi connectivity index (χ2v) is 7.78. The van der Waals surface area contributed by atoms with E-state index >= 15 is 0 Å².